The number of carbonyl (C=O) groups is 1. The van der Waals surface area contributed by atoms with Crippen molar-refractivity contribution in [2.75, 3.05) is 4.90 Å². The van der Waals surface area contributed by atoms with Gasteiger partial charge in [-0.2, -0.15) is 0 Å². The standard InChI is InChI=1S/C14H11N3O4/c18-14(19)11-5-12(17(20)21)13(15-6-11)16-7-9-3-1-2-4-10(9)8-16/h1-6H,7-8H2,(H,18,19). The van der Waals surface area contributed by atoms with E-state index in [1.165, 1.54) is 0 Å². The molecular weight excluding hydrogens is 274 g/mol. The molecule has 2 aromatic rings. The third-order valence-corrected chi connectivity index (χ3v) is 3.43. The average Bonchev–Trinajstić information content (AvgIpc) is 2.90. The average molecular weight is 285 g/mol. The molecule has 1 aliphatic heterocycles. The van der Waals surface area contributed by atoms with Crippen LogP contribution in [0.3, 0.4) is 0 Å². The zero-order chi connectivity index (χ0) is 15.0. The van der Waals surface area contributed by atoms with Gasteiger partial charge in [0.1, 0.15) is 0 Å². The van der Waals surface area contributed by atoms with Crippen LogP contribution in [-0.2, 0) is 13.1 Å². The van der Waals surface area contributed by atoms with Gasteiger partial charge in [-0.3, -0.25) is 10.1 Å². The number of carboxylic acid groups (broad SMARTS) is 1. The zero-order valence-corrected chi connectivity index (χ0v) is 10.9. The number of nitro groups is 1. The number of fused-ring (bicyclic) bond motifs is 1. The van der Waals surface area contributed by atoms with Crippen molar-refractivity contribution in [1.29, 1.82) is 0 Å². The fraction of sp³-hybridized carbons (Fsp3) is 0.143. The Labute approximate surface area is 119 Å². The van der Waals surface area contributed by atoms with Gasteiger partial charge in [-0.1, -0.05) is 24.3 Å². The zero-order valence-electron chi connectivity index (χ0n) is 10.9. The van der Waals surface area contributed by atoms with Gasteiger partial charge in [0.2, 0.25) is 5.82 Å². The number of anilines is 1. The first-order valence-corrected chi connectivity index (χ1v) is 6.25. The van der Waals surface area contributed by atoms with E-state index in [1.807, 2.05) is 24.3 Å². The molecule has 1 N–H and O–H groups in total. The maximum atomic E-state index is 11.2. The molecule has 0 spiro atoms. The summed E-state index contributed by atoms with van der Waals surface area (Å²) in [6.45, 7) is 1.05. The van der Waals surface area contributed by atoms with Crippen LogP contribution in [0.1, 0.15) is 21.5 Å². The molecule has 0 aliphatic carbocycles. The highest BCUT2D eigenvalue weighted by molar-refractivity contribution is 5.88. The van der Waals surface area contributed by atoms with Crippen molar-refractivity contribution in [2.45, 2.75) is 13.1 Å². The molecule has 2 heterocycles. The lowest BCUT2D eigenvalue weighted by Gasteiger charge is -2.16. The van der Waals surface area contributed by atoms with Crippen LogP contribution in [0, 0.1) is 10.1 Å². The van der Waals surface area contributed by atoms with Gasteiger partial charge in [0.15, 0.2) is 0 Å². The van der Waals surface area contributed by atoms with E-state index < -0.39 is 10.9 Å². The number of aromatic nitrogens is 1. The van der Waals surface area contributed by atoms with Crippen LogP contribution in [0.2, 0.25) is 0 Å². The van der Waals surface area contributed by atoms with Gasteiger partial charge in [0.05, 0.1) is 10.5 Å². The first kappa shape index (κ1) is 13.0. The van der Waals surface area contributed by atoms with E-state index >= 15 is 0 Å². The number of nitrogens with zero attached hydrogens (tertiary/aromatic N) is 3. The molecule has 7 nitrogen and oxygen atoms in total. The first-order valence-electron chi connectivity index (χ1n) is 6.25. The number of pyridine rings is 1. The number of hydrogen-bond donors (Lipinski definition) is 1. The SMILES string of the molecule is O=C(O)c1cnc(N2Cc3ccccc3C2)c([N+](=O)[O-])c1. The van der Waals surface area contributed by atoms with Crippen LogP contribution in [0.15, 0.2) is 36.5 Å². The van der Waals surface area contributed by atoms with Gasteiger partial charge in [-0.15, -0.1) is 0 Å². The lowest BCUT2D eigenvalue weighted by molar-refractivity contribution is -0.384. The molecule has 3 rings (SSSR count). The number of rotatable bonds is 3. The highest BCUT2D eigenvalue weighted by Gasteiger charge is 2.27. The monoisotopic (exact) mass is 285 g/mol. The van der Waals surface area contributed by atoms with Crippen LogP contribution in [-0.4, -0.2) is 21.0 Å². The van der Waals surface area contributed by atoms with Crippen molar-refractivity contribution in [3.8, 4) is 0 Å². The Bertz CT molecular complexity index is 720. The molecule has 0 atom stereocenters. The summed E-state index contributed by atoms with van der Waals surface area (Å²) in [6, 6.07) is 8.81. The second kappa shape index (κ2) is 4.86. The summed E-state index contributed by atoms with van der Waals surface area (Å²) in [7, 11) is 0. The van der Waals surface area contributed by atoms with Gasteiger partial charge in [-0.05, 0) is 11.1 Å². The summed E-state index contributed by atoms with van der Waals surface area (Å²) < 4.78 is 0. The van der Waals surface area contributed by atoms with E-state index in [9.17, 15) is 14.9 Å². The lowest BCUT2D eigenvalue weighted by Crippen LogP contribution is -2.18. The Balaban J connectivity index is 2.00. The van der Waals surface area contributed by atoms with E-state index in [0.717, 1.165) is 23.4 Å². The van der Waals surface area contributed by atoms with Crippen LogP contribution >= 0.6 is 0 Å². The summed E-state index contributed by atoms with van der Waals surface area (Å²) in [5, 5.41) is 20.1. The Hall–Kier alpha value is -2.96. The minimum atomic E-state index is -1.23. The molecule has 106 valence electrons. The summed E-state index contributed by atoms with van der Waals surface area (Å²) >= 11 is 0. The van der Waals surface area contributed by atoms with Crippen molar-refractivity contribution in [3.63, 3.8) is 0 Å². The maximum Gasteiger partial charge on any atom is 0.337 e. The van der Waals surface area contributed by atoms with Gasteiger partial charge in [0, 0.05) is 25.4 Å². The third kappa shape index (κ3) is 2.29. The van der Waals surface area contributed by atoms with Crippen molar-refractivity contribution in [3.05, 3.63) is 63.3 Å². The topological polar surface area (TPSA) is 96.6 Å². The van der Waals surface area contributed by atoms with Crippen molar-refractivity contribution in [2.24, 2.45) is 0 Å². The molecule has 0 saturated heterocycles. The van der Waals surface area contributed by atoms with E-state index in [1.54, 1.807) is 4.90 Å². The lowest BCUT2D eigenvalue weighted by atomic mass is 10.1. The van der Waals surface area contributed by atoms with Gasteiger partial charge < -0.3 is 10.0 Å². The molecule has 0 saturated carbocycles. The molecule has 0 bridgehead atoms. The second-order valence-electron chi connectivity index (χ2n) is 4.75. The molecule has 1 aliphatic rings. The van der Waals surface area contributed by atoms with E-state index in [0.29, 0.717) is 13.1 Å². The minimum absolute atomic E-state index is 0.192. The van der Waals surface area contributed by atoms with E-state index in [-0.39, 0.29) is 17.1 Å². The second-order valence-corrected chi connectivity index (χ2v) is 4.75. The molecule has 0 amide bonds. The molecule has 0 fully saturated rings. The summed E-state index contributed by atoms with van der Waals surface area (Å²) in [5.74, 6) is -1.04. The van der Waals surface area contributed by atoms with E-state index in [2.05, 4.69) is 4.98 Å². The Kier molecular flexibility index (Phi) is 3.02. The fourth-order valence-corrected chi connectivity index (χ4v) is 2.42. The minimum Gasteiger partial charge on any atom is -0.478 e. The highest BCUT2D eigenvalue weighted by Crippen LogP contribution is 2.33. The summed E-state index contributed by atoms with van der Waals surface area (Å²) in [5.41, 5.74) is 1.71. The molecule has 1 aromatic heterocycles. The largest absolute Gasteiger partial charge is 0.478 e. The first-order chi connectivity index (χ1) is 10.1. The van der Waals surface area contributed by atoms with Crippen LogP contribution in [0.4, 0.5) is 11.5 Å². The molecule has 1 aromatic carbocycles. The number of benzene rings is 1. The maximum absolute atomic E-state index is 11.2. The number of carboxylic acids is 1. The molecule has 0 radical (unpaired) electrons. The summed E-state index contributed by atoms with van der Waals surface area (Å²) in [6.07, 6.45) is 1.15. The fourth-order valence-electron chi connectivity index (χ4n) is 2.42. The van der Waals surface area contributed by atoms with Crippen molar-refractivity contribution >= 4 is 17.5 Å². The van der Waals surface area contributed by atoms with Gasteiger partial charge in [0.25, 0.3) is 0 Å². The smallest absolute Gasteiger partial charge is 0.337 e. The van der Waals surface area contributed by atoms with Crippen LogP contribution < -0.4 is 4.90 Å². The summed E-state index contributed by atoms with van der Waals surface area (Å²) in [4.78, 5) is 27.2. The van der Waals surface area contributed by atoms with E-state index in [4.69, 9.17) is 5.11 Å². The number of aromatic carboxylic acids is 1. The third-order valence-electron chi connectivity index (χ3n) is 3.43. The quantitative estimate of drug-likeness (QED) is 0.686. The Morgan fingerprint density at radius 1 is 1.29 bits per heavy atom. The number of hydrogen-bond acceptors (Lipinski definition) is 5. The predicted molar refractivity (Wildman–Crippen MR) is 74.2 cm³/mol. The molecular formula is C14H11N3O4. The molecule has 7 heteroatoms. The van der Waals surface area contributed by atoms with Crippen molar-refractivity contribution < 1.29 is 14.8 Å². The Morgan fingerprint density at radius 2 is 1.90 bits per heavy atom. The van der Waals surface area contributed by atoms with Crippen molar-refractivity contribution in [1.82, 2.24) is 4.98 Å². The predicted octanol–water partition coefficient (Wildman–Crippen LogP) is 2.21. The van der Waals surface area contributed by atoms with Crippen LogP contribution in [0.25, 0.3) is 0 Å². The Morgan fingerprint density at radius 3 is 2.43 bits per heavy atom. The van der Waals surface area contributed by atoms with Gasteiger partial charge in [-0.25, -0.2) is 9.78 Å². The highest BCUT2D eigenvalue weighted by atomic mass is 16.6. The molecule has 21 heavy (non-hydrogen) atoms. The van der Waals surface area contributed by atoms with Crippen LogP contribution in [0.5, 0.6) is 0 Å². The normalized spacial score (nSPS) is 13.0. The molecule has 0 unspecified atom stereocenters. The van der Waals surface area contributed by atoms with Gasteiger partial charge >= 0.3 is 11.7 Å².